The Morgan fingerprint density at radius 1 is 1.41 bits per heavy atom. The van der Waals surface area contributed by atoms with Gasteiger partial charge in [-0.2, -0.15) is 0 Å². The van der Waals surface area contributed by atoms with Crippen molar-refractivity contribution in [2.75, 3.05) is 6.54 Å². The van der Waals surface area contributed by atoms with Gasteiger partial charge in [-0.1, -0.05) is 13.0 Å². The molecule has 0 radical (unpaired) electrons. The Morgan fingerprint density at radius 3 is 3.00 bits per heavy atom. The predicted octanol–water partition coefficient (Wildman–Crippen LogP) is 1.47. The number of benzene rings is 1. The van der Waals surface area contributed by atoms with E-state index in [0.29, 0.717) is 12.0 Å². The molecule has 2 unspecified atom stereocenters. The monoisotopic (exact) mass is 230 g/mol. The molecule has 1 saturated carbocycles. The third-order valence-electron chi connectivity index (χ3n) is 3.78. The van der Waals surface area contributed by atoms with E-state index in [0.717, 1.165) is 31.5 Å². The van der Waals surface area contributed by atoms with Crippen molar-refractivity contribution in [2.24, 2.45) is 5.92 Å². The van der Waals surface area contributed by atoms with Crippen molar-refractivity contribution < 1.29 is 4.79 Å². The summed E-state index contributed by atoms with van der Waals surface area (Å²) in [6.45, 7) is 4.09. The molecule has 0 spiro atoms. The standard InChI is InChI=1S/C14H18N2O/c1-9-6-13(9)16-14(17)11-3-2-10-4-5-15-8-12(10)7-11/h2-3,7,9,13,15H,4-6,8H2,1H3,(H,16,17). The number of rotatable bonds is 2. The van der Waals surface area contributed by atoms with Crippen LogP contribution in [0.25, 0.3) is 0 Å². The molecule has 1 aliphatic heterocycles. The van der Waals surface area contributed by atoms with E-state index in [4.69, 9.17) is 0 Å². The highest BCUT2D eigenvalue weighted by molar-refractivity contribution is 5.94. The van der Waals surface area contributed by atoms with Crippen LogP contribution in [0, 0.1) is 5.92 Å². The van der Waals surface area contributed by atoms with Crippen LogP contribution in [0.3, 0.4) is 0 Å². The Bertz CT molecular complexity index is 456. The second-order valence-electron chi connectivity index (χ2n) is 5.20. The molecule has 3 rings (SSSR count). The molecule has 1 aromatic carbocycles. The summed E-state index contributed by atoms with van der Waals surface area (Å²) in [4.78, 5) is 12.0. The number of carbonyl (C=O) groups excluding carboxylic acids is 1. The highest BCUT2D eigenvalue weighted by Crippen LogP contribution is 2.29. The average molecular weight is 230 g/mol. The molecule has 3 nitrogen and oxygen atoms in total. The number of nitrogens with one attached hydrogen (secondary N) is 2. The lowest BCUT2D eigenvalue weighted by Crippen LogP contribution is -2.28. The van der Waals surface area contributed by atoms with Crippen molar-refractivity contribution in [2.45, 2.75) is 32.4 Å². The van der Waals surface area contributed by atoms with E-state index in [-0.39, 0.29) is 5.91 Å². The Hall–Kier alpha value is -1.35. The number of amides is 1. The summed E-state index contributed by atoms with van der Waals surface area (Å²) >= 11 is 0. The van der Waals surface area contributed by atoms with Crippen molar-refractivity contribution >= 4 is 5.91 Å². The maximum Gasteiger partial charge on any atom is 0.251 e. The summed E-state index contributed by atoms with van der Waals surface area (Å²) in [5.41, 5.74) is 3.44. The van der Waals surface area contributed by atoms with Gasteiger partial charge in [-0.3, -0.25) is 4.79 Å². The van der Waals surface area contributed by atoms with Crippen LogP contribution >= 0.6 is 0 Å². The minimum absolute atomic E-state index is 0.0766. The van der Waals surface area contributed by atoms with E-state index in [1.165, 1.54) is 11.1 Å². The van der Waals surface area contributed by atoms with Crippen LogP contribution in [-0.4, -0.2) is 18.5 Å². The summed E-state index contributed by atoms with van der Waals surface area (Å²) in [7, 11) is 0. The van der Waals surface area contributed by atoms with Gasteiger partial charge < -0.3 is 10.6 Å². The molecule has 2 atom stereocenters. The van der Waals surface area contributed by atoms with Gasteiger partial charge in [0.05, 0.1) is 0 Å². The van der Waals surface area contributed by atoms with Gasteiger partial charge in [0.1, 0.15) is 0 Å². The van der Waals surface area contributed by atoms with Gasteiger partial charge >= 0.3 is 0 Å². The van der Waals surface area contributed by atoms with Crippen LogP contribution in [0.1, 0.15) is 34.8 Å². The number of hydrogen-bond donors (Lipinski definition) is 2. The summed E-state index contributed by atoms with van der Waals surface area (Å²) in [5.74, 6) is 0.728. The third-order valence-corrected chi connectivity index (χ3v) is 3.78. The Balaban J connectivity index is 1.76. The molecule has 2 N–H and O–H groups in total. The summed E-state index contributed by atoms with van der Waals surface area (Å²) in [5, 5.41) is 6.40. The van der Waals surface area contributed by atoms with Crippen molar-refractivity contribution in [3.63, 3.8) is 0 Å². The first-order valence-electron chi connectivity index (χ1n) is 6.37. The molecule has 0 bridgehead atoms. The largest absolute Gasteiger partial charge is 0.349 e. The molecule has 2 aliphatic rings. The third kappa shape index (κ3) is 2.20. The smallest absolute Gasteiger partial charge is 0.251 e. The van der Waals surface area contributed by atoms with Gasteiger partial charge in [0.15, 0.2) is 0 Å². The minimum Gasteiger partial charge on any atom is -0.349 e. The number of hydrogen-bond acceptors (Lipinski definition) is 2. The molecule has 1 aromatic rings. The number of fused-ring (bicyclic) bond motifs is 1. The fourth-order valence-electron chi connectivity index (χ4n) is 2.40. The molecule has 1 aliphatic carbocycles. The first kappa shape index (κ1) is 10.8. The summed E-state index contributed by atoms with van der Waals surface area (Å²) in [6, 6.07) is 6.48. The molecule has 1 fully saturated rings. The highest BCUT2D eigenvalue weighted by Gasteiger charge is 2.34. The Kier molecular flexibility index (Phi) is 2.63. The van der Waals surface area contributed by atoms with Crippen LogP contribution in [0.15, 0.2) is 18.2 Å². The second-order valence-corrected chi connectivity index (χ2v) is 5.20. The fourth-order valence-corrected chi connectivity index (χ4v) is 2.40. The zero-order valence-corrected chi connectivity index (χ0v) is 10.1. The fraction of sp³-hybridized carbons (Fsp3) is 0.500. The van der Waals surface area contributed by atoms with Gasteiger partial charge in [-0.05, 0) is 48.6 Å². The van der Waals surface area contributed by atoms with Crippen LogP contribution in [0.2, 0.25) is 0 Å². The normalized spacial score (nSPS) is 26.2. The van der Waals surface area contributed by atoms with Crippen LogP contribution < -0.4 is 10.6 Å². The van der Waals surface area contributed by atoms with Crippen LogP contribution in [-0.2, 0) is 13.0 Å². The molecule has 3 heteroatoms. The maximum absolute atomic E-state index is 12.0. The topological polar surface area (TPSA) is 41.1 Å². The first-order valence-corrected chi connectivity index (χ1v) is 6.37. The molecule has 0 saturated heterocycles. The zero-order chi connectivity index (χ0) is 11.8. The average Bonchev–Trinajstić information content (AvgIpc) is 3.04. The predicted molar refractivity (Wildman–Crippen MR) is 66.9 cm³/mol. The van der Waals surface area contributed by atoms with Crippen molar-refractivity contribution in [3.8, 4) is 0 Å². The molecule has 17 heavy (non-hydrogen) atoms. The second kappa shape index (κ2) is 4.15. The Labute approximate surface area is 102 Å². The SMILES string of the molecule is CC1CC1NC(=O)c1ccc2c(c1)CNCC2. The van der Waals surface area contributed by atoms with Gasteiger partial charge in [-0.15, -0.1) is 0 Å². The van der Waals surface area contributed by atoms with E-state index in [1.807, 2.05) is 12.1 Å². The van der Waals surface area contributed by atoms with Crippen molar-refractivity contribution in [3.05, 3.63) is 34.9 Å². The molecule has 1 heterocycles. The molecule has 1 amide bonds. The van der Waals surface area contributed by atoms with Gasteiger partial charge in [-0.25, -0.2) is 0 Å². The maximum atomic E-state index is 12.0. The highest BCUT2D eigenvalue weighted by atomic mass is 16.1. The zero-order valence-electron chi connectivity index (χ0n) is 10.1. The van der Waals surface area contributed by atoms with Crippen molar-refractivity contribution in [1.29, 1.82) is 0 Å². The van der Waals surface area contributed by atoms with E-state index in [1.54, 1.807) is 0 Å². The number of carbonyl (C=O) groups is 1. The van der Waals surface area contributed by atoms with Gasteiger partial charge in [0.25, 0.3) is 5.91 Å². The molecular weight excluding hydrogens is 212 g/mol. The molecular formula is C14H18N2O. The van der Waals surface area contributed by atoms with E-state index >= 15 is 0 Å². The van der Waals surface area contributed by atoms with E-state index in [9.17, 15) is 4.79 Å². The van der Waals surface area contributed by atoms with E-state index in [2.05, 4.69) is 23.6 Å². The lowest BCUT2D eigenvalue weighted by molar-refractivity contribution is 0.0949. The van der Waals surface area contributed by atoms with E-state index < -0.39 is 0 Å². The van der Waals surface area contributed by atoms with Gasteiger partial charge in [0, 0.05) is 18.2 Å². The summed E-state index contributed by atoms with van der Waals surface area (Å²) in [6.07, 6.45) is 2.19. The molecule has 90 valence electrons. The van der Waals surface area contributed by atoms with Crippen molar-refractivity contribution in [1.82, 2.24) is 10.6 Å². The summed E-state index contributed by atoms with van der Waals surface area (Å²) < 4.78 is 0. The lowest BCUT2D eigenvalue weighted by Gasteiger charge is -2.17. The Morgan fingerprint density at radius 2 is 2.24 bits per heavy atom. The lowest BCUT2D eigenvalue weighted by atomic mass is 9.98. The first-order chi connectivity index (χ1) is 8.24. The van der Waals surface area contributed by atoms with Crippen LogP contribution in [0.5, 0.6) is 0 Å². The molecule has 0 aromatic heterocycles. The quantitative estimate of drug-likeness (QED) is 0.808. The minimum atomic E-state index is 0.0766. The van der Waals surface area contributed by atoms with Crippen LogP contribution in [0.4, 0.5) is 0 Å². The van der Waals surface area contributed by atoms with Gasteiger partial charge in [0.2, 0.25) is 0 Å².